The molecule has 1 saturated carbocycles. The van der Waals surface area contributed by atoms with Crippen molar-refractivity contribution in [1.29, 1.82) is 0 Å². The number of carboxylic acid groups (broad SMARTS) is 1. The van der Waals surface area contributed by atoms with Gasteiger partial charge in [0.25, 0.3) is 5.69 Å². The Morgan fingerprint density at radius 3 is 2.67 bits per heavy atom. The minimum Gasteiger partial charge on any atom is -0.465 e. The largest absolute Gasteiger partial charge is 0.465 e. The van der Waals surface area contributed by atoms with E-state index >= 15 is 0 Å². The number of rotatable bonds is 6. The van der Waals surface area contributed by atoms with Crippen molar-refractivity contribution >= 4 is 21.8 Å². The Morgan fingerprint density at radius 2 is 2.08 bits per heavy atom. The van der Waals surface area contributed by atoms with E-state index in [0.717, 1.165) is 6.07 Å². The molecule has 0 aromatic heterocycles. The van der Waals surface area contributed by atoms with Crippen molar-refractivity contribution in [2.45, 2.75) is 43.2 Å². The van der Waals surface area contributed by atoms with Gasteiger partial charge in [0.1, 0.15) is 0 Å². The van der Waals surface area contributed by atoms with E-state index in [9.17, 15) is 23.3 Å². The Kier molecular flexibility index (Phi) is 5.40. The number of nitro benzene ring substituents is 1. The van der Waals surface area contributed by atoms with Gasteiger partial charge in [-0.25, -0.2) is 13.2 Å². The molecule has 0 radical (unpaired) electrons. The summed E-state index contributed by atoms with van der Waals surface area (Å²) in [4.78, 5) is 20.8. The number of hydrogen-bond donors (Lipinski definition) is 2. The Hall–Kier alpha value is -2.20. The SMILES string of the molecule is CCN([C@@H]1CC[C@H](NC(=O)O)C1)S(=O)(=O)c1ccccc1[N+](=O)[O-]. The van der Waals surface area contributed by atoms with Crippen LogP contribution in [0.4, 0.5) is 10.5 Å². The molecule has 1 amide bonds. The summed E-state index contributed by atoms with van der Waals surface area (Å²) in [6.07, 6.45) is 0.226. The normalized spacial score (nSPS) is 20.9. The molecule has 1 aliphatic carbocycles. The molecule has 0 unspecified atom stereocenters. The minimum atomic E-state index is -4.05. The van der Waals surface area contributed by atoms with Crippen molar-refractivity contribution in [2.24, 2.45) is 0 Å². The molecule has 0 bridgehead atoms. The average Bonchev–Trinajstić information content (AvgIpc) is 2.94. The van der Waals surface area contributed by atoms with E-state index in [-0.39, 0.29) is 17.5 Å². The van der Waals surface area contributed by atoms with Crippen molar-refractivity contribution < 1.29 is 23.2 Å². The Labute approximate surface area is 139 Å². The van der Waals surface area contributed by atoms with Crippen LogP contribution >= 0.6 is 0 Å². The second-order valence-electron chi connectivity index (χ2n) is 5.55. The molecule has 132 valence electrons. The van der Waals surface area contributed by atoms with Gasteiger partial charge in [0.15, 0.2) is 4.90 Å². The van der Waals surface area contributed by atoms with Crippen molar-refractivity contribution in [1.82, 2.24) is 9.62 Å². The molecule has 2 N–H and O–H groups in total. The number of para-hydroxylation sites is 1. The van der Waals surface area contributed by atoms with Crippen LogP contribution in [-0.2, 0) is 10.0 Å². The van der Waals surface area contributed by atoms with Crippen LogP contribution in [0.15, 0.2) is 29.2 Å². The van der Waals surface area contributed by atoms with Gasteiger partial charge in [-0.2, -0.15) is 4.31 Å². The van der Waals surface area contributed by atoms with E-state index in [4.69, 9.17) is 5.11 Å². The molecular formula is C14H19N3O6S. The molecule has 0 saturated heterocycles. The first kappa shape index (κ1) is 18.1. The molecule has 0 spiro atoms. The van der Waals surface area contributed by atoms with Gasteiger partial charge in [0.05, 0.1) is 4.92 Å². The lowest BCUT2D eigenvalue weighted by Crippen LogP contribution is -2.40. The smallest absolute Gasteiger partial charge is 0.404 e. The van der Waals surface area contributed by atoms with Crippen LogP contribution in [-0.4, -0.2) is 47.5 Å². The molecule has 10 heteroatoms. The van der Waals surface area contributed by atoms with E-state index in [2.05, 4.69) is 5.32 Å². The zero-order valence-electron chi connectivity index (χ0n) is 13.1. The van der Waals surface area contributed by atoms with Crippen molar-refractivity contribution in [3.05, 3.63) is 34.4 Å². The van der Waals surface area contributed by atoms with E-state index in [0.29, 0.717) is 19.3 Å². The molecule has 2 atom stereocenters. The van der Waals surface area contributed by atoms with Crippen LogP contribution in [0.3, 0.4) is 0 Å². The van der Waals surface area contributed by atoms with Gasteiger partial charge in [-0.15, -0.1) is 0 Å². The fourth-order valence-electron chi connectivity index (χ4n) is 3.10. The zero-order valence-corrected chi connectivity index (χ0v) is 13.9. The summed E-state index contributed by atoms with van der Waals surface area (Å²) in [7, 11) is -4.05. The molecule has 1 aromatic carbocycles. The van der Waals surface area contributed by atoms with Crippen LogP contribution in [0.5, 0.6) is 0 Å². The third-order valence-electron chi connectivity index (χ3n) is 4.10. The highest BCUT2D eigenvalue weighted by Crippen LogP contribution is 2.32. The van der Waals surface area contributed by atoms with Gasteiger partial charge < -0.3 is 10.4 Å². The summed E-state index contributed by atoms with van der Waals surface area (Å²) < 4.78 is 27.0. The first-order valence-corrected chi connectivity index (χ1v) is 8.96. The molecule has 1 fully saturated rings. The molecule has 0 aliphatic heterocycles. The van der Waals surface area contributed by atoms with Crippen molar-refractivity contribution in [3.8, 4) is 0 Å². The number of amides is 1. The fraction of sp³-hybridized carbons (Fsp3) is 0.500. The third-order valence-corrected chi connectivity index (χ3v) is 6.17. The topological polar surface area (TPSA) is 130 Å². The number of carbonyl (C=O) groups is 1. The second kappa shape index (κ2) is 7.14. The van der Waals surface area contributed by atoms with Crippen LogP contribution in [0.25, 0.3) is 0 Å². The van der Waals surface area contributed by atoms with Crippen LogP contribution in [0.2, 0.25) is 0 Å². The molecule has 9 nitrogen and oxygen atoms in total. The molecule has 0 heterocycles. The summed E-state index contributed by atoms with van der Waals surface area (Å²) in [6, 6.07) is 4.52. The van der Waals surface area contributed by atoms with Gasteiger partial charge in [0, 0.05) is 24.7 Å². The molecule has 24 heavy (non-hydrogen) atoms. The highest BCUT2D eigenvalue weighted by Gasteiger charge is 2.38. The summed E-state index contributed by atoms with van der Waals surface area (Å²) >= 11 is 0. The molecule has 1 aromatic rings. The first-order valence-electron chi connectivity index (χ1n) is 7.52. The molecular weight excluding hydrogens is 338 g/mol. The van der Waals surface area contributed by atoms with E-state index in [1.165, 1.54) is 22.5 Å². The van der Waals surface area contributed by atoms with Gasteiger partial charge >= 0.3 is 6.09 Å². The summed E-state index contributed by atoms with van der Waals surface area (Å²) in [5.41, 5.74) is -0.464. The van der Waals surface area contributed by atoms with E-state index in [1.807, 2.05) is 0 Å². The van der Waals surface area contributed by atoms with Crippen LogP contribution in [0, 0.1) is 10.1 Å². The highest BCUT2D eigenvalue weighted by atomic mass is 32.2. The van der Waals surface area contributed by atoms with Gasteiger partial charge in [0.2, 0.25) is 10.0 Å². The van der Waals surface area contributed by atoms with Gasteiger partial charge in [-0.1, -0.05) is 19.1 Å². The second-order valence-corrected chi connectivity index (χ2v) is 7.41. The first-order chi connectivity index (χ1) is 11.3. The van der Waals surface area contributed by atoms with Crippen molar-refractivity contribution in [3.63, 3.8) is 0 Å². The van der Waals surface area contributed by atoms with Gasteiger partial charge in [-0.3, -0.25) is 10.1 Å². The monoisotopic (exact) mass is 357 g/mol. The lowest BCUT2D eigenvalue weighted by atomic mass is 10.2. The predicted octanol–water partition coefficient (Wildman–Crippen LogP) is 1.79. The zero-order chi connectivity index (χ0) is 17.9. The van der Waals surface area contributed by atoms with Gasteiger partial charge in [-0.05, 0) is 25.3 Å². The summed E-state index contributed by atoms with van der Waals surface area (Å²) in [5.74, 6) is 0. The Balaban J connectivity index is 2.30. The fourth-order valence-corrected chi connectivity index (χ4v) is 4.94. The summed E-state index contributed by atoms with van der Waals surface area (Å²) in [5, 5.41) is 22.3. The summed E-state index contributed by atoms with van der Waals surface area (Å²) in [6.45, 7) is 1.81. The average molecular weight is 357 g/mol. The third kappa shape index (κ3) is 3.65. The standard InChI is InChI=1S/C14H19N3O6S/c1-2-16(11-8-7-10(9-11)15-14(18)19)24(22,23)13-6-4-3-5-12(13)17(20)21/h3-6,10-11,15H,2,7-9H2,1H3,(H,18,19)/t10-,11+/m0/s1. The van der Waals surface area contributed by atoms with E-state index in [1.54, 1.807) is 6.92 Å². The highest BCUT2D eigenvalue weighted by molar-refractivity contribution is 7.89. The maximum atomic E-state index is 12.9. The number of benzene rings is 1. The van der Waals surface area contributed by atoms with Crippen LogP contribution < -0.4 is 5.32 Å². The number of nitrogens with zero attached hydrogens (tertiary/aromatic N) is 2. The lowest BCUT2D eigenvalue weighted by molar-refractivity contribution is -0.387. The number of hydrogen-bond acceptors (Lipinski definition) is 5. The molecule has 2 rings (SSSR count). The number of nitro groups is 1. The maximum absolute atomic E-state index is 12.9. The lowest BCUT2D eigenvalue weighted by Gasteiger charge is -2.26. The number of nitrogens with one attached hydrogen (secondary N) is 1. The Morgan fingerprint density at radius 1 is 1.42 bits per heavy atom. The molecule has 1 aliphatic rings. The van der Waals surface area contributed by atoms with Crippen molar-refractivity contribution in [2.75, 3.05) is 6.54 Å². The predicted molar refractivity (Wildman–Crippen MR) is 85.2 cm³/mol. The Bertz CT molecular complexity index is 736. The van der Waals surface area contributed by atoms with Crippen LogP contribution in [0.1, 0.15) is 26.2 Å². The number of sulfonamides is 1. The van der Waals surface area contributed by atoms with E-state index < -0.39 is 32.8 Å². The minimum absolute atomic E-state index is 0.152. The quantitative estimate of drug-likeness (QED) is 0.590. The maximum Gasteiger partial charge on any atom is 0.404 e.